The first kappa shape index (κ1) is 11.1. The fourth-order valence-electron chi connectivity index (χ4n) is 2.04. The number of hydrogen-bond acceptors (Lipinski definition) is 3. The number of rotatable bonds is 3. The summed E-state index contributed by atoms with van der Waals surface area (Å²) >= 11 is 0. The Morgan fingerprint density at radius 3 is 2.62 bits per heavy atom. The van der Waals surface area contributed by atoms with Gasteiger partial charge in [-0.3, -0.25) is 4.79 Å². The molecule has 1 aliphatic heterocycles. The molecule has 0 bridgehead atoms. The lowest BCUT2D eigenvalue weighted by molar-refractivity contribution is -0.140. The second-order valence-corrected chi connectivity index (χ2v) is 4.30. The molecule has 0 saturated carbocycles. The molecule has 1 aromatic carbocycles. The topological polar surface area (TPSA) is 38.3 Å². The fraction of sp³-hybridized carbons (Fsp3) is 0.462. The van der Waals surface area contributed by atoms with Crippen LogP contribution in [0.1, 0.15) is 31.9 Å². The van der Waals surface area contributed by atoms with Crippen LogP contribution >= 0.6 is 0 Å². The van der Waals surface area contributed by atoms with Gasteiger partial charge in [-0.15, -0.1) is 0 Å². The smallest absolute Gasteiger partial charge is 0.307 e. The molecule has 0 aromatic heterocycles. The SMILES string of the molecule is C[C@@H]1OC(=O)C[C@@H]1N[C@H](C)c1ccccc1. The van der Waals surface area contributed by atoms with E-state index in [1.165, 1.54) is 5.56 Å². The predicted molar refractivity (Wildman–Crippen MR) is 62.0 cm³/mol. The minimum absolute atomic E-state index is 0.0290. The maximum Gasteiger partial charge on any atom is 0.307 e. The summed E-state index contributed by atoms with van der Waals surface area (Å²) in [6.45, 7) is 4.03. The number of esters is 1. The first-order chi connectivity index (χ1) is 7.66. The van der Waals surface area contributed by atoms with Gasteiger partial charge in [-0.05, 0) is 19.4 Å². The van der Waals surface area contributed by atoms with Crippen LogP contribution in [0.5, 0.6) is 0 Å². The zero-order valence-electron chi connectivity index (χ0n) is 9.64. The summed E-state index contributed by atoms with van der Waals surface area (Å²) in [5.74, 6) is -0.106. The summed E-state index contributed by atoms with van der Waals surface area (Å²) < 4.78 is 5.11. The monoisotopic (exact) mass is 219 g/mol. The van der Waals surface area contributed by atoms with Crippen molar-refractivity contribution in [1.29, 1.82) is 0 Å². The third-order valence-electron chi connectivity index (χ3n) is 3.03. The van der Waals surface area contributed by atoms with Crippen LogP contribution in [0.2, 0.25) is 0 Å². The van der Waals surface area contributed by atoms with Crippen molar-refractivity contribution >= 4 is 5.97 Å². The van der Waals surface area contributed by atoms with E-state index in [4.69, 9.17) is 4.74 Å². The molecular weight excluding hydrogens is 202 g/mol. The average Bonchev–Trinajstić information content (AvgIpc) is 2.59. The minimum atomic E-state index is -0.106. The summed E-state index contributed by atoms with van der Waals surface area (Å²) in [4.78, 5) is 11.1. The minimum Gasteiger partial charge on any atom is -0.461 e. The van der Waals surface area contributed by atoms with E-state index in [0.29, 0.717) is 6.42 Å². The lowest BCUT2D eigenvalue weighted by Crippen LogP contribution is -2.36. The molecule has 1 fully saturated rings. The quantitative estimate of drug-likeness (QED) is 0.791. The van der Waals surface area contributed by atoms with Gasteiger partial charge in [0.15, 0.2) is 0 Å². The number of cyclic esters (lactones) is 1. The van der Waals surface area contributed by atoms with E-state index in [2.05, 4.69) is 24.4 Å². The summed E-state index contributed by atoms with van der Waals surface area (Å²) in [6, 6.07) is 10.6. The van der Waals surface area contributed by atoms with Gasteiger partial charge in [-0.1, -0.05) is 30.3 Å². The first-order valence-electron chi connectivity index (χ1n) is 5.67. The normalized spacial score (nSPS) is 26.5. The number of nitrogens with one attached hydrogen (secondary N) is 1. The van der Waals surface area contributed by atoms with Crippen molar-refractivity contribution in [3.8, 4) is 0 Å². The van der Waals surface area contributed by atoms with E-state index in [9.17, 15) is 4.79 Å². The van der Waals surface area contributed by atoms with Gasteiger partial charge in [0.1, 0.15) is 6.10 Å². The van der Waals surface area contributed by atoms with Crippen molar-refractivity contribution in [1.82, 2.24) is 5.32 Å². The van der Waals surface area contributed by atoms with Crippen molar-refractivity contribution in [3.05, 3.63) is 35.9 Å². The van der Waals surface area contributed by atoms with Gasteiger partial charge in [-0.25, -0.2) is 0 Å². The lowest BCUT2D eigenvalue weighted by atomic mass is 10.1. The molecule has 3 heteroatoms. The molecule has 1 aromatic rings. The molecule has 2 rings (SSSR count). The Morgan fingerprint density at radius 2 is 2.06 bits per heavy atom. The highest BCUT2D eigenvalue weighted by atomic mass is 16.5. The Balaban J connectivity index is 1.98. The average molecular weight is 219 g/mol. The molecule has 1 heterocycles. The molecule has 0 spiro atoms. The Morgan fingerprint density at radius 1 is 1.38 bits per heavy atom. The van der Waals surface area contributed by atoms with Crippen LogP contribution in [-0.2, 0) is 9.53 Å². The van der Waals surface area contributed by atoms with Gasteiger partial charge >= 0.3 is 5.97 Å². The molecule has 1 N–H and O–H groups in total. The molecule has 0 aliphatic carbocycles. The Bertz CT molecular complexity index is 363. The zero-order chi connectivity index (χ0) is 11.5. The largest absolute Gasteiger partial charge is 0.461 e. The Hall–Kier alpha value is -1.35. The van der Waals surface area contributed by atoms with Crippen molar-refractivity contribution in [2.45, 2.75) is 38.5 Å². The van der Waals surface area contributed by atoms with Crippen molar-refractivity contribution in [3.63, 3.8) is 0 Å². The number of carbonyl (C=O) groups is 1. The molecule has 0 radical (unpaired) electrons. The van der Waals surface area contributed by atoms with Gasteiger partial charge in [0, 0.05) is 6.04 Å². The van der Waals surface area contributed by atoms with Crippen LogP contribution in [-0.4, -0.2) is 18.1 Å². The van der Waals surface area contributed by atoms with Crippen molar-refractivity contribution in [2.75, 3.05) is 0 Å². The molecular formula is C13H17NO2. The molecule has 16 heavy (non-hydrogen) atoms. The highest BCUT2D eigenvalue weighted by Gasteiger charge is 2.32. The van der Waals surface area contributed by atoms with E-state index >= 15 is 0 Å². The van der Waals surface area contributed by atoms with Crippen LogP contribution in [0.25, 0.3) is 0 Å². The van der Waals surface area contributed by atoms with E-state index in [0.717, 1.165) is 0 Å². The van der Waals surface area contributed by atoms with Gasteiger partial charge in [-0.2, -0.15) is 0 Å². The molecule has 3 atom stereocenters. The summed E-state index contributed by atoms with van der Waals surface area (Å²) in [5.41, 5.74) is 1.23. The molecule has 0 unspecified atom stereocenters. The summed E-state index contributed by atoms with van der Waals surface area (Å²) in [6.07, 6.45) is 0.442. The van der Waals surface area contributed by atoms with E-state index in [1.807, 2.05) is 25.1 Å². The van der Waals surface area contributed by atoms with Crippen molar-refractivity contribution < 1.29 is 9.53 Å². The number of ether oxygens (including phenoxy) is 1. The number of benzene rings is 1. The van der Waals surface area contributed by atoms with Crippen LogP contribution in [0.4, 0.5) is 0 Å². The zero-order valence-corrected chi connectivity index (χ0v) is 9.64. The van der Waals surface area contributed by atoms with E-state index in [1.54, 1.807) is 0 Å². The molecule has 0 amide bonds. The number of hydrogen-bond donors (Lipinski definition) is 1. The van der Waals surface area contributed by atoms with Crippen LogP contribution in [0.3, 0.4) is 0 Å². The third kappa shape index (κ3) is 2.42. The molecule has 1 saturated heterocycles. The molecule has 3 nitrogen and oxygen atoms in total. The molecule has 1 aliphatic rings. The Kier molecular flexibility index (Phi) is 3.25. The maximum absolute atomic E-state index is 11.1. The van der Waals surface area contributed by atoms with Crippen LogP contribution in [0, 0.1) is 0 Å². The van der Waals surface area contributed by atoms with Crippen LogP contribution in [0.15, 0.2) is 30.3 Å². The van der Waals surface area contributed by atoms with Gasteiger partial charge in [0.25, 0.3) is 0 Å². The van der Waals surface area contributed by atoms with Gasteiger partial charge in [0.05, 0.1) is 12.5 Å². The second kappa shape index (κ2) is 4.66. The Labute approximate surface area is 95.8 Å². The fourth-order valence-corrected chi connectivity index (χ4v) is 2.04. The number of carbonyl (C=O) groups excluding carboxylic acids is 1. The van der Waals surface area contributed by atoms with E-state index in [-0.39, 0.29) is 24.2 Å². The van der Waals surface area contributed by atoms with Crippen LogP contribution < -0.4 is 5.32 Å². The third-order valence-corrected chi connectivity index (χ3v) is 3.03. The second-order valence-electron chi connectivity index (χ2n) is 4.30. The molecule has 86 valence electrons. The highest BCUT2D eigenvalue weighted by Crippen LogP contribution is 2.19. The van der Waals surface area contributed by atoms with Gasteiger partial charge in [0.2, 0.25) is 0 Å². The maximum atomic E-state index is 11.1. The predicted octanol–water partition coefficient (Wildman–Crippen LogP) is 2.04. The summed E-state index contributed by atoms with van der Waals surface area (Å²) in [5, 5.41) is 3.43. The van der Waals surface area contributed by atoms with Gasteiger partial charge < -0.3 is 10.1 Å². The van der Waals surface area contributed by atoms with E-state index < -0.39 is 0 Å². The lowest BCUT2D eigenvalue weighted by Gasteiger charge is -2.21. The van der Waals surface area contributed by atoms with Crippen molar-refractivity contribution in [2.24, 2.45) is 0 Å². The standard InChI is InChI=1S/C13H17NO2/c1-9(11-6-4-3-5-7-11)14-12-8-13(15)16-10(12)2/h3-7,9-10,12,14H,8H2,1-2H3/t9-,10+,12+/m1/s1. The first-order valence-corrected chi connectivity index (χ1v) is 5.67. The highest BCUT2D eigenvalue weighted by molar-refractivity contribution is 5.72. The summed E-state index contributed by atoms with van der Waals surface area (Å²) in [7, 11) is 0.